The Kier molecular flexibility index (Phi) is 4.48. The Bertz CT molecular complexity index is 545. The summed E-state index contributed by atoms with van der Waals surface area (Å²) < 4.78 is 0.889. The molecule has 0 radical (unpaired) electrons. The van der Waals surface area contributed by atoms with Crippen molar-refractivity contribution in [3.8, 4) is 0 Å². The molecule has 1 heterocycles. The molecule has 0 unspecified atom stereocenters. The van der Waals surface area contributed by atoms with Crippen molar-refractivity contribution in [3.63, 3.8) is 0 Å². The van der Waals surface area contributed by atoms with Crippen LogP contribution in [0.1, 0.15) is 44.6 Å². The van der Waals surface area contributed by atoms with E-state index in [2.05, 4.69) is 22.9 Å². The van der Waals surface area contributed by atoms with Crippen LogP contribution in [0.25, 0.3) is 0 Å². The van der Waals surface area contributed by atoms with Crippen molar-refractivity contribution in [1.82, 2.24) is 0 Å². The highest BCUT2D eigenvalue weighted by atomic mass is 79.9. The number of carbonyl (C=O) groups is 2. The smallest absolute Gasteiger partial charge is 0.225 e. The third kappa shape index (κ3) is 2.73. The molecule has 4 nitrogen and oxygen atoms in total. The zero-order valence-electron chi connectivity index (χ0n) is 11.7. The van der Waals surface area contributed by atoms with E-state index in [4.69, 9.17) is 5.73 Å². The predicted octanol–water partition coefficient (Wildman–Crippen LogP) is 2.94. The van der Waals surface area contributed by atoms with Gasteiger partial charge in [-0.05, 0) is 36.6 Å². The molecule has 0 saturated heterocycles. The van der Waals surface area contributed by atoms with Gasteiger partial charge in [-0.15, -0.1) is 0 Å². The largest absolute Gasteiger partial charge is 0.369 e. The first-order chi connectivity index (χ1) is 9.45. The van der Waals surface area contributed by atoms with Crippen LogP contribution in [0.3, 0.4) is 0 Å². The highest BCUT2D eigenvalue weighted by Crippen LogP contribution is 2.41. The highest BCUT2D eigenvalue weighted by molar-refractivity contribution is 9.10. The monoisotopic (exact) mass is 338 g/mol. The van der Waals surface area contributed by atoms with Crippen LogP contribution >= 0.6 is 15.9 Å². The second-order valence-electron chi connectivity index (χ2n) is 5.23. The summed E-state index contributed by atoms with van der Waals surface area (Å²) in [6, 6.07) is 5.71. The Hall–Kier alpha value is -1.36. The second kappa shape index (κ2) is 5.95. The van der Waals surface area contributed by atoms with E-state index in [0.29, 0.717) is 6.42 Å². The fourth-order valence-corrected chi connectivity index (χ4v) is 3.38. The molecule has 0 saturated carbocycles. The number of halogens is 1. The molecule has 2 amide bonds. The first kappa shape index (κ1) is 15.0. The van der Waals surface area contributed by atoms with Gasteiger partial charge >= 0.3 is 0 Å². The van der Waals surface area contributed by atoms with E-state index < -0.39 is 0 Å². The number of primary amides is 1. The fraction of sp³-hybridized carbons (Fsp3) is 0.467. The van der Waals surface area contributed by atoms with Crippen molar-refractivity contribution < 1.29 is 9.59 Å². The Morgan fingerprint density at radius 2 is 2.15 bits per heavy atom. The number of anilines is 1. The van der Waals surface area contributed by atoms with Crippen LogP contribution in [0.15, 0.2) is 22.7 Å². The summed E-state index contributed by atoms with van der Waals surface area (Å²) in [5.74, 6) is -0.641. The number of amides is 2. The lowest BCUT2D eigenvalue weighted by Crippen LogP contribution is -2.45. The van der Waals surface area contributed by atoms with Crippen LogP contribution in [0.4, 0.5) is 5.69 Å². The number of fused-ring (bicyclic) bond motifs is 1. The van der Waals surface area contributed by atoms with Gasteiger partial charge in [-0.1, -0.05) is 29.3 Å². The van der Waals surface area contributed by atoms with Gasteiger partial charge in [0.25, 0.3) is 0 Å². The summed E-state index contributed by atoms with van der Waals surface area (Å²) in [6.07, 6.45) is 2.44. The lowest BCUT2D eigenvalue weighted by Gasteiger charge is -2.39. The molecule has 108 valence electrons. The van der Waals surface area contributed by atoms with Crippen LogP contribution in [0, 0.1) is 0 Å². The van der Waals surface area contributed by atoms with Crippen LogP contribution < -0.4 is 10.6 Å². The Morgan fingerprint density at radius 3 is 2.70 bits per heavy atom. The molecule has 0 bridgehead atoms. The lowest BCUT2D eigenvalue weighted by molar-refractivity contribution is -0.121. The molecule has 1 aromatic carbocycles. The fourth-order valence-electron chi connectivity index (χ4n) is 3.00. The minimum atomic E-state index is -0.325. The van der Waals surface area contributed by atoms with Gasteiger partial charge in [0.2, 0.25) is 11.8 Å². The van der Waals surface area contributed by atoms with Gasteiger partial charge in [-0.25, -0.2) is 0 Å². The lowest BCUT2D eigenvalue weighted by atomic mass is 9.83. The van der Waals surface area contributed by atoms with E-state index in [1.54, 1.807) is 6.92 Å². The molecular weight excluding hydrogens is 320 g/mol. The van der Waals surface area contributed by atoms with Crippen molar-refractivity contribution in [2.75, 3.05) is 4.90 Å². The summed E-state index contributed by atoms with van der Waals surface area (Å²) in [7, 11) is 0. The predicted molar refractivity (Wildman–Crippen MR) is 82.6 cm³/mol. The van der Waals surface area contributed by atoms with E-state index >= 15 is 0 Å². The Labute approximate surface area is 127 Å². The highest BCUT2D eigenvalue weighted by Gasteiger charge is 2.36. The summed E-state index contributed by atoms with van der Waals surface area (Å²) in [5.41, 5.74) is 7.21. The minimum absolute atomic E-state index is 0.00921. The van der Waals surface area contributed by atoms with Gasteiger partial charge in [0.05, 0.1) is 5.92 Å². The Balaban J connectivity index is 2.55. The molecule has 1 aliphatic heterocycles. The third-order valence-corrected chi connectivity index (χ3v) is 4.30. The summed E-state index contributed by atoms with van der Waals surface area (Å²) >= 11 is 3.41. The number of carbonyl (C=O) groups excluding carboxylic acids is 2. The first-order valence-corrected chi connectivity index (χ1v) is 7.63. The number of benzene rings is 1. The van der Waals surface area contributed by atoms with Crippen LogP contribution in [0.5, 0.6) is 0 Å². The molecule has 2 rings (SSSR count). The van der Waals surface area contributed by atoms with E-state index in [-0.39, 0.29) is 23.8 Å². The quantitative estimate of drug-likeness (QED) is 0.920. The number of nitrogens with two attached hydrogens (primary N) is 1. The number of rotatable bonds is 3. The van der Waals surface area contributed by atoms with Crippen molar-refractivity contribution in [2.45, 2.75) is 45.1 Å². The van der Waals surface area contributed by atoms with Gasteiger partial charge in [0.1, 0.15) is 0 Å². The number of hydrogen-bond acceptors (Lipinski definition) is 2. The average molecular weight is 339 g/mol. The maximum Gasteiger partial charge on any atom is 0.225 e. The van der Waals surface area contributed by atoms with Gasteiger partial charge < -0.3 is 10.6 Å². The summed E-state index contributed by atoms with van der Waals surface area (Å²) in [4.78, 5) is 25.6. The summed E-state index contributed by atoms with van der Waals surface area (Å²) in [6.45, 7) is 3.65. The molecule has 0 aliphatic carbocycles. The van der Waals surface area contributed by atoms with E-state index in [0.717, 1.165) is 28.6 Å². The molecule has 0 fully saturated rings. The van der Waals surface area contributed by atoms with Crippen molar-refractivity contribution in [1.29, 1.82) is 0 Å². The van der Waals surface area contributed by atoms with Crippen molar-refractivity contribution in [3.05, 3.63) is 28.2 Å². The van der Waals surface area contributed by atoms with Crippen LogP contribution in [-0.4, -0.2) is 17.9 Å². The molecule has 2 atom stereocenters. The molecule has 5 heteroatoms. The maximum atomic E-state index is 12.0. The molecule has 0 spiro atoms. The van der Waals surface area contributed by atoms with Crippen molar-refractivity contribution >= 4 is 33.4 Å². The van der Waals surface area contributed by atoms with Gasteiger partial charge in [0.15, 0.2) is 0 Å². The van der Waals surface area contributed by atoms with Crippen molar-refractivity contribution in [2.24, 2.45) is 5.73 Å². The van der Waals surface area contributed by atoms with Crippen LogP contribution in [-0.2, 0) is 9.59 Å². The Morgan fingerprint density at radius 1 is 1.45 bits per heavy atom. The van der Waals surface area contributed by atoms with Gasteiger partial charge in [0, 0.05) is 23.1 Å². The van der Waals surface area contributed by atoms with E-state index in [1.165, 1.54) is 0 Å². The standard InChI is InChI=1S/C15H19BrN2O2/c1-3-4-11-8-13(15(17)20)12-7-10(16)5-6-14(12)18(11)9(2)19/h5-7,11,13H,3-4,8H2,1-2H3,(H2,17,20)/t11-,13+/m1/s1. The van der Waals surface area contributed by atoms with Gasteiger partial charge in [-0.2, -0.15) is 0 Å². The van der Waals surface area contributed by atoms with E-state index in [1.807, 2.05) is 23.1 Å². The molecule has 0 aromatic heterocycles. The van der Waals surface area contributed by atoms with Crippen LogP contribution in [0.2, 0.25) is 0 Å². The summed E-state index contributed by atoms with van der Waals surface area (Å²) in [5, 5.41) is 0. The zero-order valence-corrected chi connectivity index (χ0v) is 13.3. The number of hydrogen-bond donors (Lipinski definition) is 1. The number of nitrogens with zero attached hydrogens (tertiary/aromatic N) is 1. The second-order valence-corrected chi connectivity index (χ2v) is 6.14. The maximum absolute atomic E-state index is 12.0. The molecule has 1 aromatic rings. The SMILES string of the molecule is CCC[C@@H]1C[C@H](C(N)=O)c2cc(Br)ccc2N1C(C)=O. The topological polar surface area (TPSA) is 63.4 Å². The molecule has 1 aliphatic rings. The molecular formula is C15H19BrN2O2. The molecule has 20 heavy (non-hydrogen) atoms. The third-order valence-electron chi connectivity index (χ3n) is 3.80. The minimum Gasteiger partial charge on any atom is -0.369 e. The van der Waals surface area contributed by atoms with E-state index in [9.17, 15) is 9.59 Å². The van der Waals surface area contributed by atoms with Gasteiger partial charge in [-0.3, -0.25) is 9.59 Å². The normalized spacial score (nSPS) is 21.4. The zero-order chi connectivity index (χ0) is 14.9. The average Bonchev–Trinajstić information content (AvgIpc) is 2.37. The first-order valence-electron chi connectivity index (χ1n) is 6.84. The molecule has 2 N–H and O–H groups in total.